The number of aromatic nitrogens is 1. The van der Waals surface area contributed by atoms with Gasteiger partial charge in [-0.05, 0) is 11.6 Å². The molecule has 1 rings (SSSR count). The van der Waals surface area contributed by atoms with E-state index in [-0.39, 0.29) is 12.3 Å². The molecule has 5 nitrogen and oxygen atoms in total. The lowest BCUT2D eigenvalue weighted by atomic mass is 10.1. The molecule has 6 heteroatoms. The van der Waals surface area contributed by atoms with E-state index in [9.17, 15) is 9.59 Å². The van der Waals surface area contributed by atoms with Crippen molar-refractivity contribution in [3.05, 3.63) is 29.0 Å². The van der Waals surface area contributed by atoms with Gasteiger partial charge in [0.15, 0.2) is 0 Å². The fourth-order valence-electron chi connectivity index (χ4n) is 1.21. The molecule has 1 aromatic rings. The van der Waals surface area contributed by atoms with Gasteiger partial charge < -0.3 is 10.4 Å². The third kappa shape index (κ3) is 3.86. The predicted molar refractivity (Wildman–Crippen MR) is 58.2 cm³/mol. The highest BCUT2D eigenvalue weighted by atomic mass is 35.5. The molecule has 86 valence electrons. The summed E-state index contributed by atoms with van der Waals surface area (Å²) in [5, 5.41) is 11.6. The summed E-state index contributed by atoms with van der Waals surface area (Å²) in [5.74, 6) is -1.46. The highest BCUT2D eigenvalue weighted by Gasteiger charge is 2.18. The summed E-state index contributed by atoms with van der Waals surface area (Å²) in [6, 6.07) is 2.30. The third-order valence-electron chi connectivity index (χ3n) is 1.90. The second-order valence-corrected chi connectivity index (χ2v) is 3.67. The van der Waals surface area contributed by atoms with Gasteiger partial charge in [0.1, 0.15) is 11.2 Å². The number of pyridine rings is 1. The lowest BCUT2D eigenvalue weighted by Crippen LogP contribution is -2.41. The summed E-state index contributed by atoms with van der Waals surface area (Å²) in [4.78, 5) is 25.5. The van der Waals surface area contributed by atoms with Crippen LogP contribution < -0.4 is 5.32 Å². The van der Waals surface area contributed by atoms with Crippen LogP contribution >= 0.6 is 11.6 Å². The van der Waals surface area contributed by atoms with Crippen molar-refractivity contribution in [2.75, 3.05) is 0 Å². The van der Waals surface area contributed by atoms with Crippen LogP contribution in [0.3, 0.4) is 0 Å². The third-order valence-corrected chi connectivity index (χ3v) is 2.13. The molecule has 1 atom stereocenters. The van der Waals surface area contributed by atoms with E-state index in [0.717, 1.165) is 0 Å². The van der Waals surface area contributed by atoms with Crippen molar-refractivity contribution in [2.24, 2.45) is 0 Å². The van der Waals surface area contributed by atoms with Gasteiger partial charge in [-0.2, -0.15) is 0 Å². The van der Waals surface area contributed by atoms with Crippen LogP contribution in [0.25, 0.3) is 0 Å². The smallest absolute Gasteiger partial charge is 0.326 e. The van der Waals surface area contributed by atoms with Crippen molar-refractivity contribution in [3.63, 3.8) is 0 Å². The molecule has 0 fully saturated rings. The van der Waals surface area contributed by atoms with Crippen LogP contribution in [0.15, 0.2) is 18.3 Å². The molecular formula is C10H11ClN2O3. The zero-order valence-corrected chi connectivity index (χ0v) is 9.36. The van der Waals surface area contributed by atoms with Gasteiger partial charge in [0, 0.05) is 19.5 Å². The summed E-state index contributed by atoms with van der Waals surface area (Å²) < 4.78 is 0. The van der Waals surface area contributed by atoms with Crippen LogP contribution in [-0.4, -0.2) is 28.0 Å². The molecule has 1 amide bonds. The van der Waals surface area contributed by atoms with Gasteiger partial charge in [-0.3, -0.25) is 4.79 Å². The number of rotatable bonds is 4. The monoisotopic (exact) mass is 242 g/mol. The number of hydrogen-bond acceptors (Lipinski definition) is 3. The zero-order valence-electron chi connectivity index (χ0n) is 8.61. The first-order chi connectivity index (χ1) is 7.49. The van der Waals surface area contributed by atoms with Crippen LogP contribution in [-0.2, 0) is 16.0 Å². The van der Waals surface area contributed by atoms with Gasteiger partial charge in [-0.25, -0.2) is 9.78 Å². The Morgan fingerprint density at radius 3 is 2.69 bits per heavy atom. The number of hydrogen-bond donors (Lipinski definition) is 2. The molecule has 0 aliphatic rings. The largest absolute Gasteiger partial charge is 0.480 e. The topological polar surface area (TPSA) is 79.3 Å². The zero-order chi connectivity index (χ0) is 12.1. The molecule has 0 bridgehead atoms. The Balaban J connectivity index is 2.71. The van der Waals surface area contributed by atoms with E-state index < -0.39 is 12.0 Å². The second-order valence-electron chi connectivity index (χ2n) is 3.28. The molecule has 0 spiro atoms. The van der Waals surface area contributed by atoms with Gasteiger partial charge in [-0.1, -0.05) is 17.7 Å². The Bertz CT molecular complexity index is 392. The van der Waals surface area contributed by atoms with E-state index in [4.69, 9.17) is 16.7 Å². The predicted octanol–water partition coefficient (Wildman–Crippen LogP) is 0.867. The number of carbonyl (C=O) groups is 2. The van der Waals surface area contributed by atoms with Crippen LogP contribution in [0.5, 0.6) is 0 Å². The average Bonchev–Trinajstić information content (AvgIpc) is 2.19. The number of amides is 1. The van der Waals surface area contributed by atoms with E-state index in [1.54, 1.807) is 12.1 Å². The Morgan fingerprint density at radius 1 is 1.56 bits per heavy atom. The normalized spacial score (nSPS) is 11.9. The number of aliphatic carboxylic acids is 1. The van der Waals surface area contributed by atoms with E-state index >= 15 is 0 Å². The second kappa shape index (κ2) is 5.46. The summed E-state index contributed by atoms with van der Waals surface area (Å²) in [6.07, 6.45) is 1.67. The molecule has 1 aromatic heterocycles. The summed E-state index contributed by atoms with van der Waals surface area (Å²) in [7, 11) is 0. The summed E-state index contributed by atoms with van der Waals surface area (Å²) in [6.45, 7) is 1.27. The molecule has 0 aliphatic heterocycles. The molecule has 0 aliphatic carbocycles. The SMILES string of the molecule is CC(=O)N[C@H](Cc1ccc(Cl)nc1)C(=O)O. The molecule has 0 aromatic carbocycles. The first kappa shape index (κ1) is 12.4. The lowest BCUT2D eigenvalue weighted by Gasteiger charge is -2.12. The highest BCUT2D eigenvalue weighted by molar-refractivity contribution is 6.29. The first-order valence-corrected chi connectivity index (χ1v) is 4.97. The van der Waals surface area contributed by atoms with Crippen LogP contribution in [0, 0.1) is 0 Å². The van der Waals surface area contributed by atoms with Crippen molar-refractivity contribution in [1.29, 1.82) is 0 Å². The van der Waals surface area contributed by atoms with Gasteiger partial charge in [-0.15, -0.1) is 0 Å². The number of carboxylic acids is 1. The molecule has 1 heterocycles. The van der Waals surface area contributed by atoms with E-state index in [1.807, 2.05) is 0 Å². The minimum absolute atomic E-state index is 0.180. The molecule has 0 unspecified atom stereocenters. The summed E-state index contributed by atoms with van der Waals surface area (Å²) >= 11 is 5.60. The minimum Gasteiger partial charge on any atom is -0.480 e. The maximum absolute atomic E-state index is 10.8. The van der Waals surface area contributed by atoms with Crippen molar-refractivity contribution in [2.45, 2.75) is 19.4 Å². The fraction of sp³-hybridized carbons (Fsp3) is 0.300. The lowest BCUT2D eigenvalue weighted by molar-refractivity contribution is -0.141. The molecule has 0 saturated heterocycles. The van der Waals surface area contributed by atoms with Crippen molar-refractivity contribution >= 4 is 23.5 Å². The van der Waals surface area contributed by atoms with Gasteiger partial charge >= 0.3 is 5.97 Å². The van der Waals surface area contributed by atoms with Crippen molar-refractivity contribution < 1.29 is 14.7 Å². The molecule has 0 saturated carbocycles. The van der Waals surface area contributed by atoms with Crippen LogP contribution in [0.4, 0.5) is 0 Å². The Morgan fingerprint density at radius 2 is 2.25 bits per heavy atom. The van der Waals surface area contributed by atoms with E-state index in [0.29, 0.717) is 10.7 Å². The van der Waals surface area contributed by atoms with Gasteiger partial charge in [0.25, 0.3) is 0 Å². The number of carbonyl (C=O) groups excluding carboxylic acids is 1. The molecule has 16 heavy (non-hydrogen) atoms. The van der Waals surface area contributed by atoms with E-state index in [1.165, 1.54) is 13.1 Å². The van der Waals surface area contributed by atoms with Crippen LogP contribution in [0.1, 0.15) is 12.5 Å². The number of carboxylic acid groups (broad SMARTS) is 1. The minimum atomic E-state index is -1.08. The summed E-state index contributed by atoms with van der Waals surface area (Å²) in [5.41, 5.74) is 0.700. The van der Waals surface area contributed by atoms with Crippen molar-refractivity contribution in [3.8, 4) is 0 Å². The quantitative estimate of drug-likeness (QED) is 0.768. The maximum atomic E-state index is 10.8. The Hall–Kier alpha value is -1.62. The molecular weight excluding hydrogens is 232 g/mol. The number of nitrogens with one attached hydrogen (secondary N) is 1. The van der Waals surface area contributed by atoms with Crippen molar-refractivity contribution in [1.82, 2.24) is 10.3 Å². The maximum Gasteiger partial charge on any atom is 0.326 e. The van der Waals surface area contributed by atoms with Gasteiger partial charge in [0.05, 0.1) is 0 Å². The Kier molecular flexibility index (Phi) is 4.25. The fourth-order valence-corrected chi connectivity index (χ4v) is 1.32. The standard InChI is InChI=1S/C10H11ClN2O3/c1-6(14)13-8(10(15)16)4-7-2-3-9(11)12-5-7/h2-3,5,8H,4H2,1H3,(H,13,14)(H,15,16)/t8-/m1/s1. The highest BCUT2D eigenvalue weighted by Crippen LogP contribution is 2.07. The first-order valence-electron chi connectivity index (χ1n) is 4.59. The number of nitrogens with zero attached hydrogens (tertiary/aromatic N) is 1. The van der Waals surface area contributed by atoms with E-state index in [2.05, 4.69) is 10.3 Å². The average molecular weight is 243 g/mol. The van der Waals surface area contributed by atoms with Crippen LogP contribution in [0.2, 0.25) is 5.15 Å². The molecule has 2 N–H and O–H groups in total. The van der Waals surface area contributed by atoms with Gasteiger partial charge in [0.2, 0.25) is 5.91 Å². The molecule has 0 radical (unpaired) electrons. The number of halogens is 1. The Labute approximate surface area is 97.4 Å².